The van der Waals surface area contributed by atoms with Crippen LogP contribution in [0.1, 0.15) is 322 Å². The molecule has 0 aliphatic carbocycles. The van der Waals surface area contributed by atoms with Crippen LogP contribution in [0.15, 0.2) is 12.2 Å². The first-order chi connectivity index (χ1) is 40.1. The molecule has 2 saturated heterocycles. The smallest absolute Gasteiger partial charge is 0.220 e. The Kier molecular flexibility index (Phi) is 50.5. The van der Waals surface area contributed by atoms with Gasteiger partial charge in [-0.05, 0) is 19.3 Å². The quantitative estimate of drug-likeness (QED) is 0.0204. The average molecular weight is 1170 g/mol. The first kappa shape index (κ1) is 76.8. The van der Waals surface area contributed by atoms with E-state index < -0.39 is 86.8 Å². The summed E-state index contributed by atoms with van der Waals surface area (Å²) in [5.41, 5.74) is 0. The minimum Gasteiger partial charge on any atom is -0.394 e. The number of rotatable bonds is 58. The highest BCUT2D eigenvalue weighted by atomic mass is 16.7. The van der Waals surface area contributed by atoms with E-state index in [1.54, 1.807) is 6.08 Å². The highest BCUT2D eigenvalue weighted by molar-refractivity contribution is 5.76. The summed E-state index contributed by atoms with van der Waals surface area (Å²) >= 11 is 0. The Balaban J connectivity index is 1.69. The van der Waals surface area contributed by atoms with Crippen LogP contribution in [0.5, 0.6) is 0 Å². The molecule has 14 heteroatoms. The molecular weight excluding hydrogens is 1040 g/mol. The molecule has 2 fully saturated rings. The van der Waals surface area contributed by atoms with Gasteiger partial charge in [-0.15, -0.1) is 0 Å². The van der Waals surface area contributed by atoms with Crippen LogP contribution >= 0.6 is 0 Å². The molecule has 0 aromatic rings. The molecule has 0 aromatic heterocycles. The molecule has 0 radical (unpaired) electrons. The van der Waals surface area contributed by atoms with Crippen LogP contribution in [-0.2, 0) is 23.7 Å². The van der Waals surface area contributed by atoms with E-state index in [1.807, 2.05) is 6.08 Å². The van der Waals surface area contributed by atoms with Crippen molar-refractivity contribution < 1.29 is 64.6 Å². The number of amides is 1. The lowest BCUT2D eigenvalue weighted by Gasteiger charge is -2.46. The Morgan fingerprint density at radius 3 is 1.12 bits per heavy atom. The number of hydrogen-bond acceptors (Lipinski definition) is 13. The molecule has 486 valence electrons. The van der Waals surface area contributed by atoms with E-state index in [4.69, 9.17) is 18.9 Å². The molecule has 2 aliphatic heterocycles. The fraction of sp³-hybridized carbons (Fsp3) is 0.956. The number of carbonyl (C=O) groups is 1. The lowest BCUT2D eigenvalue weighted by Crippen LogP contribution is -2.65. The highest BCUT2D eigenvalue weighted by Gasteiger charge is 2.51. The molecule has 0 spiro atoms. The van der Waals surface area contributed by atoms with Crippen LogP contribution in [0.3, 0.4) is 0 Å². The molecule has 14 nitrogen and oxygen atoms in total. The molecule has 2 heterocycles. The molecule has 2 rings (SSSR count). The van der Waals surface area contributed by atoms with E-state index in [9.17, 15) is 45.6 Å². The first-order valence-electron chi connectivity index (χ1n) is 34.9. The number of allylic oxidation sites excluding steroid dienone is 1. The topological polar surface area (TPSA) is 228 Å². The van der Waals surface area contributed by atoms with Gasteiger partial charge in [-0.25, -0.2) is 0 Å². The Bertz CT molecular complexity index is 1420. The van der Waals surface area contributed by atoms with Gasteiger partial charge < -0.3 is 65.1 Å². The maximum atomic E-state index is 13.3. The number of aliphatic hydroxyl groups excluding tert-OH is 8. The van der Waals surface area contributed by atoms with E-state index in [-0.39, 0.29) is 18.9 Å². The summed E-state index contributed by atoms with van der Waals surface area (Å²) in [6.45, 7) is 2.86. The van der Waals surface area contributed by atoms with E-state index in [0.717, 1.165) is 38.5 Å². The second-order valence-electron chi connectivity index (χ2n) is 25.0. The number of ether oxygens (including phenoxy) is 4. The first-order valence-corrected chi connectivity index (χ1v) is 34.9. The summed E-state index contributed by atoms with van der Waals surface area (Å²) in [5.74, 6) is -0.231. The third kappa shape index (κ3) is 38.1. The van der Waals surface area contributed by atoms with Crippen molar-refractivity contribution in [3.05, 3.63) is 12.2 Å². The standard InChI is InChI=1S/C68H131NO13/c1-3-5-7-9-11-13-15-17-19-21-23-25-27-28-30-32-34-36-38-40-42-44-46-48-50-52-60(73)69-56(55-79-67-65(78)63(76)66(59(54-71)81-67)82-68-64(77)62(75)61(74)58(53-70)80-68)57(72)51-49-47-45-43-41-39-37-35-33-31-29-26-24-22-20-18-16-14-12-10-8-6-4-2/h49,51,56-59,61-68,70-72,74-78H,3-48,50,52-55H2,1-2H3,(H,69,73)/b51-49+. The molecule has 12 unspecified atom stereocenters. The summed E-state index contributed by atoms with van der Waals surface area (Å²) in [7, 11) is 0. The molecule has 0 bridgehead atoms. The summed E-state index contributed by atoms with van der Waals surface area (Å²) in [4.78, 5) is 13.3. The maximum Gasteiger partial charge on any atom is 0.220 e. The zero-order chi connectivity index (χ0) is 59.5. The summed E-state index contributed by atoms with van der Waals surface area (Å²) in [6.07, 6.45) is 48.3. The van der Waals surface area contributed by atoms with Gasteiger partial charge in [0.25, 0.3) is 0 Å². The van der Waals surface area contributed by atoms with Crippen molar-refractivity contribution in [3.8, 4) is 0 Å². The molecule has 12 atom stereocenters. The fourth-order valence-corrected chi connectivity index (χ4v) is 11.9. The van der Waals surface area contributed by atoms with Crippen molar-refractivity contribution in [1.82, 2.24) is 5.32 Å². The van der Waals surface area contributed by atoms with E-state index in [1.165, 1.54) is 257 Å². The fourth-order valence-electron chi connectivity index (χ4n) is 11.9. The monoisotopic (exact) mass is 1170 g/mol. The molecular formula is C68H131NO13. The Labute approximate surface area is 501 Å². The molecule has 2 aliphatic rings. The molecule has 82 heavy (non-hydrogen) atoms. The Morgan fingerprint density at radius 2 is 0.756 bits per heavy atom. The largest absolute Gasteiger partial charge is 0.394 e. The highest BCUT2D eigenvalue weighted by Crippen LogP contribution is 2.30. The van der Waals surface area contributed by atoms with Gasteiger partial charge in [0.05, 0.1) is 32.0 Å². The van der Waals surface area contributed by atoms with Gasteiger partial charge >= 0.3 is 0 Å². The zero-order valence-electron chi connectivity index (χ0n) is 52.8. The van der Waals surface area contributed by atoms with Gasteiger partial charge in [-0.2, -0.15) is 0 Å². The number of hydrogen-bond donors (Lipinski definition) is 9. The van der Waals surface area contributed by atoms with Crippen LogP contribution in [0, 0.1) is 0 Å². The minimum absolute atomic E-state index is 0.231. The molecule has 0 saturated carbocycles. The van der Waals surface area contributed by atoms with Gasteiger partial charge in [0, 0.05) is 6.42 Å². The van der Waals surface area contributed by atoms with Crippen LogP contribution in [-0.4, -0.2) is 140 Å². The van der Waals surface area contributed by atoms with Crippen LogP contribution in [0.2, 0.25) is 0 Å². The van der Waals surface area contributed by atoms with Crippen LogP contribution < -0.4 is 5.32 Å². The lowest BCUT2D eigenvalue weighted by atomic mass is 9.97. The average Bonchev–Trinajstić information content (AvgIpc) is 3.67. The molecule has 9 N–H and O–H groups in total. The second kappa shape index (κ2) is 53.9. The van der Waals surface area contributed by atoms with Crippen molar-refractivity contribution in [1.29, 1.82) is 0 Å². The van der Waals surface area contributed by atoms with E-state index in [0.29, 0.717) is 6.42 Å². The summed E-state index contributed by atoms with van der Waals surface area (Å²) in [6, 6.07) is -0.911. The van der Waals surface area contributed by atoms with Gasteiger partial charge in [-0.3, -0.25) is 4.79 Å². The number of unbranched alkanes of at least 4 members (excludes halogenated alkanes) is 45. The SMILES string of the molecule is CCCCCCCCCCCCCCCCCCCCCCC/C=C/C(O)C(COC1OC(CO)C(OC2OC(CO)C(O)C(O)C2O)C(O)C1O)NC(=O)CCCCCCCCCCCCCCCCCCCCCCCCCCC. The van der Waals surface area contributed by atoms with Crippen molar-refractivity contribution in [2.24, 2.45) is 0 Å². The van der Waals surface area contributed by atoms with Gasteiger partial charge in [0.2, 0.25) is 5.91 Å². The predicted octanol–water partition coefficient (Wildman–Crippen LogP) is 13.8. The van der Waals surface area contributed by atoms with Crippen LogP contribution in [0.25, 0.3) is 0 Å². The molecule has 1 amide bonds. The second-order valence-corrected chi connectivity index (χ2v) is 25.0. The predicted molar refractivity (Wildman–Crippen MR) is 332 cm³/mol. The van der Waals surface area contributed by atoms with Gasteiger partial charge in [0.1, 0.15) is 48.8 Å². The Hall–Kier alpha value is -1.27. The van der Waals surface area contributed by atoms with Gasteiger partial charge in [0.15, 0.2) is 12.6 Å². The third-order valence-electron chi connectivity index (χ3n) is 17.5. The van der Waals surface area contributed by atoms with Crippen molar-refractivity contribution in [2.45, 2.75) is 396 Å². The van der Waals surface area contributed by atoms with Crippen molar-refractivity contribution >= 4 is 5.91 Å². The maximum absolute atomic E-state index is 13.3. The van der Waals surface area contributed by atoms with Crippen LogP contribution in [0.4, 0.5) is 0 Å². The van der Waals surface area contributed by atoms with Crippen molar-refractivity contribution in [2.75, 3.05) is 19.8 Å². The van der Waals surface area contributed by atoms with E-state index in [2.05, 4.69) is 19.2 Å². The number of nitrogens with one attached hydrogen (secondary N) is 1. The zero-order valence-corrected chi connectivity index (χ0v) is 52.8. The van der Waals surface area contributed by atoms with Gasteiger partial charge in [-0.1, -0.05) is 309 Å². The summed E-state index contributed by atoms with van der Waals surface area (Å²) < 4.78 is 22.9. The van der Waals surface area contributed by atoms with Crippen molar-refractivity contribution in [3.63, 3.8) is 0 Å². The van der Waals surface area contributed by atoms with E-state index >= 15 is 0 Å². The minimum atomic E-state index is -1.79. The molecule has 0 aromatic carbocycles. The number of aliphatic hydroxyl groups is 8. The Morgan fingerprint density at radius 1 is 0.427 bits per heavy atom. The lowest BCUT2D eigenvalue weighted by molar-refractivity contribution is -0.359. The normalized spacial score (nSPS) is 23.9. The summed E-state index contributed by atoms with van der Waals surface area (Å²) in [5, 5.41) is 87.4. The number of carbonyl (C=O) groups excluding carboxylic acids is 1. The third-order valence-corrected chi connectivity index (χ3v) is 17.5.